The molecule has 0 amide bonds. The molecule has 7 heavy (non-hydrogen) atoms. The van der Waals surface area contributed by atoms with Gasteiger partial charge in [-0.25, -0.2) is 0 Å². The van der Waals surface area contributed by atoms with Crippen molar-refractivity contribution in [2.75, 3.05) is 13.1 Å². The Hall–Kier alpha value is 0.608. The molecule has 0 bridgehead atoms. The molecule has 0 aliphatic rings. The average Bonchev–Trinajstić information content (AvgIpc) is 1.72. The molecule has 0 rings (SSSR count). The Balaban J connectivity index is 2.99. The van der Waals surface area contributed by atoms with Gasteiger partial charge < -0.3 is 0 Å². The van der Waals surface area contributed by atoms with Crippen LogP contribution in [0, 0.1) is 0 Å². The van der Waals surface area contributed by atoms with Crippen LogP contribution in [0.25, 0.3) is 0 Å². The molecule has 0 aromatic carbocycles. The van der Waals surface area contributed by atoms with Crippen LogP contribution in [0.4, 0.5) is 0 Å². The van der Waals surface area contributed by atoms with Crippen molar-refractivity contribution in [3.8, 4) is 0 Å². The maximum atomic E-state index is 8.58. The Kier molecular flexibility index (Phi) is 5.17. The first-order valence-electron chi connectivity index (χ1n) is 2.41. The van der Waals surface area contributed by atoms with Gasteiger partial charge >= 0.3 is 53.3 Å². The van der Waals surface area contributed by atoms with Crippen molar-refractivity contribution in [2.24, 2.45) is 0 Å². The molecule has 0 aliphatic carbocycles. The summed E-state index contributed by atoms with van der Waals surface area (Å²) in [5.74, 6) is 0. The summed E-state index contributed by atoms with van der Waals surface area (Å²) in [7, 11) is 0. The molecule has 0 aromatic rings. The van der Waals surface area contributed by atoms with Gasteiger partial charge in [0.2, 0.25) is 0 Å². The normalized spacial score (nSPS) is 10.3. The minimum absolute atomic E-state index is 0.773. The van der Waals surface area contributed by atoms with Gasteiger partial charge in [0.25, 0.3) is 0 Å². The summed E-state index contributed by atoms with van der Waals surface area (Å²) >= 11 is -0.773. The Bertz CT molecular complexity index is 33.2. The molecule has 0 aliphatic heterocycles. The van der Waals surface area contributed by atoms with Crippen molar-refractivity contribution in [2.45, 2.75) is 13.8 Å². The van der Waals surface area contributed by atoms with Gasteiger partial charge in [0.15, 0.2) is 0 Å². The molecule has 0 heterocycles. The van der Waals surface area contributed by atoms with E-state index in [1.165, 1.54) is 0 Å². The maximum absolute atomic E-state index is 8.58. The Morgan fingerprint density at radius 1 is 1.43 bits per heavy atom. The molecule has 1 N–H and O–H groups in total. The van der Waals surface area contributed by atoms with Gasteiger partial charge in [0, 0.05) is 0 Å². The Morgan fingerprint density at radius 3 is 1.86 bits per heavy atom. The Morgan fingerprint density at radius 2 is 1.86 bits per heavy atom. The zero-order valence-corrected chi connectivity index (χ0v) is 6.72. The quantitative estimate of drug-likeness (QED) is 0.636. The van der Waals surface area contributed by atoms with Crippen molar-refractivity contribution in [3.63, 3.8) is 0 Å². The second-order valence-corrected chi connectivity index (χ2v) is 2.87. The van der Waals surface area contributed by atoms with Gasteiger partial charge in [0.05, 0.1) is 0 Å². The molecule has 0 saturated carbocycles. The second-order valence-electron chi connectivity index (χ2n) is 1.20. The van der Waals surface area contributed by atoms with E-state index in [4.69, 9.17) is 3.76 Å². The molecule has 44 valence electrons. The standard InChI is InChI=1S/C4H10N.Mo.H2O/c1-3-5-4-2;;/h3-4H2,1-2H3;;1H2/q-1;+2;/p-1. The molecule has 0 radical (unpaired) electrons. The summed E-state index contributed by atoms with van der Waals surface area (Å²) in [4.78, 5) is 0. The second kappa shape index (κ2) is 4.76. The summed E-state index contributed by atoms with van der Waals surface area (Å²) in [5.41, 5.74) is 0. The van der Waals surface area contributed by atoms with Crippen LogP contribution in [0.5, 0.6) is 0 Å². The third-order valence-corrected chi connectivity index (χ3v) is 2.66. The fraction of sp³-hybridized carbons (Fsp3) is 1.00. The van der Waals surface area contributed by atoms with E-state index < -0.39 is 19.2 Å². The van der Waals surface area contributed by atoms with Gasteiger partial charge in [-0.2, -0.15) is 0 Å². The van der Waals surface area contributed by atoms with Crippen molar-refractivity contribution >= 4 is 0 Å². The van der Waals surface area contributed by atoms with Gasteiger partial charge in [0.1, 0.15) is 0 Å². The van der Waals surface area contributed by atoms with Crippen LogP contribution in [0.1, 0.15) is 13.8 Å². The predicted octanol–water partition coefficient (Wildman–Crippen LogP) is 0.233. The molecule has 0 unspecified atom stereocenters. The van der Waals surface area contributed by atoms with E-state index in [1.54, 1.807) is 0 Å². The van der Waals surface area contributed by atoms with E-state index in [0.29, 0.717) is 0 Å². The van der Waals surface area contributed by atoms with Crippen LogP contribution in [0.3, 0.4) is 0 Å². The summed E-state index contributed by atoms with van der Waals surface area (Å²) in [6, 6.07) is 0. The summed E-state index contributed by atoms with van der Waals surface area (Å²) in [6.45, 7) is 6.11. The monoisotopic (exact) mass is 187 g/mol. The van der Waals surface area contributed by atoms with E-state index in [1.807, 2.05) is 0 Å². The van der Waals surface area contributed by atoms with Gasteiger partial charge in [-0.3, -0.25) is 0 Å². The first-order chi connectivity index (χ1) is 3.35. The third kappa shape index (κ3) is 3.21. The molecule has 0 fully saturated rings. The van der Waals surface area contributed by atoms with Crippen LogP contribution >= 0.6 is 0 Å². The Labute approximate surface area is 53.8 Å². The summed E-state index contributed by atoms with van der Waals surface area (Å²) in [5, 5.41) is 0. The van der Waals surface area contributed by atoms with Crippen molar-refractivity contribution in [1.82, 2.24) is 3.46 Å². The van der Waals surface area contributed by atoms with Crippen LogP contribution in [0.2, 0.25) is 0 Å². The van der Waals surface area contributed by atoms with Gasteiger partial charge in [-0.05, 0) is 0 Å². The van der Waals surface area contributed by atoms with E-state index in [2.05, 4.69) is 17.3 Å². The molecule has 0 saturated heterocycles. The predicted molar refractivity (Wildman–Crippen MR) is 25.1 cm³/mol. The van der Waals surface area contributed by atoms with Crippen LogP contribution in [-0.2, 0) is 19.2 Å². The van der Waals surface area contributed by atoms with Crippen molar-refractivity contribution in [3.05, 3.63) is 0 Å². The summed E-state index contributed by atoms with van der Waals surface area (Å²) in [6.07, 6.45) is 0. The number of hydrogen-bond donors (Lipinski definition) is 1. The average molecular weight is 185 g/mol. The zero-order chi connectivity index (χ0) is 5.70. The van der Waals surface area contributed by atoms with E-state index in [9.17, 15) is 0 Å². The van der Waals surface area contributed by atoms with Crippen molar-refractivity contribution in [1.29, 1.82) is 0 Å². The number of hydrogen-bond acceptors (Lipinski definition) is 2. The van der Waals surface area contributed by atoms with Crippen LogP contribution < -0.4 is 0 Å². The molecule has 0 atom stereocenters. The van der Waals surface area contributed by atoms with Crippen molar-refractivity contribution < 1.29 is 23.0 Å². The first kappa shape index (κ1) is 7.61. The number of rotatable bonds is 3. The fourth-order valence-electron chi connectivity index (χ4n) is 0.339. The molecule has 3 heteroatoms. The molecule has 0 spiro atoms. The van der Waals surface area contributed by atoms with E-state index >= 15 is 0 Å². The topological polar surface area (TPSA) is 23.5 Å². The van der Waals surface area contributed by atoms with Crippen LogP contribution in [0.15, 0.2) is 0 Å². The van der Waals surface area contributed by atoms with Crippen LogP contribution in [-0.4, -0.2) is 20.3 Å². The third-order valence-electron chi connectivity index (χ3n) is 0.821. The molecule has 2 nitrogen and oxygen atoms in total. The fourth-order valence-corrected chi connectivity index (χ4v) is 0.907. The SMILES string of the molecule is CC[N](CC)[Mo][OH]. The summed E-state index contributed by atoms with van der Waals surface area (Å²) < 4.78 is 10.6. The number of nitrogens with zero attached hydrogens (tertiary/aromatic N) is 1. The molecular formula is C4H11MoNO. The molecular weight excluding hydrogens is 174 g/mol. The first-order valence-corrected chi connectivity index (χ1v) is 4.21. The van der Waals surface area contributed by atoms with E-state index in [-0.39, 0.29) is 0 Å². The van der Waals surface area contributed by atoms with E-state index in [0.717, 1.165) is 13.1 Å². The minimum atomic E-state index is -0.773. The molecule has 0 aromatic heterocycles. The van der Waals surface area contributed by atoms with Gasteiger partial charge in [-0.15, -0.1) is 0 Å². The zero-order valence-electron chi connectivity index (χ0n) is 4.72. The van der Waals surface area contributed by atoms with Gasteiger partial charge in [-0.1, -0.05) is 0 Å².